The van der Waals surface area contributed by atoms with Gasteiger partial charge in [-0.25, -0.2) is 9.97 Å². The highest BCUT2D eigenvalue weighted by Crippen LogP contribution is 2.14. The molecular formula is C19H15N5. The maximum atomic E-state index is 8.88. The fourth-order valence-electron chi connectivity index (χ4n) is 2.78. The fourth-order valence-corrected chi connectivity index (χ4v) is 2.78. The molecule has 0 bridgehead atoms. The number of aromatic nitrogens is 4. The number of fused-ring (bicyclic) bond motifs is 1. The van der Waals surface area contributed by atoms with Crippen LogP contribution in [-0.2, 0) is 13.0 Å². The van der Waals surface area contributed by atoms with Gasteiger partial charge < -0.3 is 9.55 Å². The van der Waals surface area contributed by atoms with Gasteiger partial charge in [-0.3, -0.25) is 0 Å². The van der Waals surface area contributed by atoms with Crippen molar-refractivity contribution in [2.24, 2.45) is 0 Å². The topological polar surface area (TPSA) is 70.3 Å². The normalized spacial score (nSPS) is 10.8. The summed E-state index contributed by atoms with van der Waals surface area (Å²) in [5.41, 5.74) is 4.93. The Morgan fingerprint density at radius 2 is 1.92 bits per heavy atom. The van der Waals surface area contributed by atoms with Crippen LogP contribution in [0.3, 0.4) is 0 Å². The Kier molecular flexibility index (Phi) is 3.56. The van der Waals surface area contributed by atoms with Crippen molar-refractivity contribution in [3.8, 4) is 6.07 Å². The lowest BCUT2D eigenvalue weighted by atomic mass is 10.1. The van der Waals surface area contributed by atoms with Crippen LogP contribution in [0, 0.1) is 11.3 Å². The highest BCUT2D eigenvalue weighted by atomic mass is 15.0. The molecule has 4 rings (SSSR count). The molecule has 0 fully saturated rings. The minimum atomic E-state index is 0.673. The van der Waals surface area contributed by atoms with Gasteiger partial charge in [-0.15, -0.1) is 0 Å². The van der Waals surface area contributed by atoms with Gasteiger partial charge in [-0.05, 0) is 29.8 Å². The van der Waals surface area contributed by atoms with Gasteiger partial charge in [-0.1, -0.05) is 24.3 Å². The van der Waals surface area contributed by atoms with Gasteiger partial charge in [0.05, 0.1) is 29.0 Å². The molecule has 0 saturated carbocycles. The maximum Gasteiger partial charge on any atom is 0.113 e. The van der Waals surface area contributed by atoms with E-state index in [0.29, 0.717) is 12.0 Å². The molecule has 24 heavy (non-hydrogen) atoms. The number of aromatic amines is 1. The van der Waals surface area contributed by atoms with E-state index in [4.69, 9.17) is 5.26 Å². The number of nitrogens with zero attached hydrogens (tertiary/aromatic N) is 4. The minimum Gasteiger partial charge on any atom is -0.342 e. The number of hydrogen-bond acceptors (Lipinski definition) is 3. The number of para-hydroxylation sites is 2. The van der Waals surface area contributed by atoms with Crippen molar-refractivity contribution in [1.82, 2.24) is 19.5 Å². The fraction of sp³-hybridized carbons (Fsp3) is 0.105. The van der Waals surface area contributed by atoms with Crippen molar-refractivity contribution in [3.05, 3.63) is 83.7 Å². The molecule has 4 aromatic rings. The zero-order chi connectivity index (χ0) is 16.4. The highest BCUT2D eigenvalue weighted by molar-refractivity contribution is 5.74. The second kappa shape index (κ2) is 6.01. The third-order valence-corrected chi connectivity index (χ3v) is 4.02. The summed E-state index contributed by atoms with van der Waals surface area (Å²) in [5.74, 6) is 0.928. The molecule has 0 aliphatic heterocycles. The Morgan fingerprint density at radius 3 is 2.71 bits per heavy atom. The third kappa shape index (κ3) is 2.77. The van der Waals surface area contributed by atoms with E-state index in [-0.39, 0.29) is 0 Å². The van der Waals surface area contributed by atoms with E-state index < -0.39 is 0 Å². The molecule has 0 spiro atoms. The number of imidazole rings is 2. The monoisotopic (exact) mass is 313 g/mol. The van der Waals surface area contributed by atoms with E-state index in [9.17, 15) is 0 Å². The van der Waals surface area contributed by atoms with Crippen molar-refractivity contribution in [3.63, 3.8) is 0 Å². The summed E-state index contributed by atoms with van der Waals surface area (Å²) >= 11 is 0. The Bertz CT molecular complexity index is 985. The summed E-state index contributed by atoms with van der Waals surface area (Å²) in [6.45, 7) is 0.723. The molecule has 2 heterocycles. The molecular weight excluding hydrogens is 298 g/mol. The van der Waals surface area contributed by atoms with Crippen molar-refractivity contribution in [1.29, 1.82) is 5.26 Å². The second-order valence-corrected chi connectivity index (χ2v) is 5.70. The van der Waals surface area contributed by atoms with E-state index >= 15 is 0 Å². The minimum absolute atomic E-state index is 0.673. The first-order valence-corrected chi connectivity index (χ1v) is 7.73. The van der Waals surface area contributed by atoms with E-state index in [1.165, 1.54) is 0 Å². The summed E-state index contributed by atoms with van der Waals surface area (Å²) in [4.78, 5) is 12.2. The summed E-state index contributed by atoms with van der Waals surface area (Å²) in [5, 5.41) is 8.88. The number of hydrogen-bond donors (Lipinski definition) is 1. The number of nitrogens with one attached hydrogen (secondary N) is 1. The lowest BCUT2D eigenvalue weighted by molar-refractivity contribution is 0.746. The van der Waals surface area contributed by atoms with Gasteiger partial charge in [0.1, 0.15) is 5.82 Å². The zero-order valence-corrected chi connectivity index (χ0v) is 13.0. The van der Waals surface area contributed by atoms with E-state index in [0.717, 1.165) is 34.7 Å². The maximum absolute atomic E-state index is 8.88. The quantitative estimate of drug-likeness (QED) is 0.628. The van der Waals surface area contributed by atoms with Crippen LogP contribution < -0.4 is 0 Å². The lowest BCUT2D eigenvalue weighted by Gasteiger charge is -2.07. The molecule has 5 heteroatoms. The number of H-pyrrole nitrogens is 1. The standard InChI is InChI=1S/C19H15N5/c20-10-14-5-7-15(8-6-14)12-24-13-21-11-16(24)9-19-22-17-3-1-2-4-18(17)23-19/h1-8,11,13H,9,12H2,(H,22,23). The van der Waals surface area contributed by atoms with Gasteiger partial charge in [0.2, 0.25) is 0 Å². The van der Waals surface area contributed by atoms with Crippen LogP contribution in [0.1, 0.15) is 22.6 Å². The largest absolute Gasteiger partial charge is 0.342 e. The number of rotatable bonds is 4. The van der Waals surface area contributed by atoms with E-state index in [1.807, 2.05) is 61.1 Å². The molecule has 2 aromatic carbocycles. The zero-order valence-electron chi connectivity index (χ0n) is 13.0. The van der Waals surface area contributed by atoms with Crippen molar-refractivity contribution >= 4 is 11.0 Å². The molecule has 0 aliphatic carbocycles. The Balaban J connectivity index is 1.56. The van der Waals surface area contributed by atoms with Crippen LogP contribution in [0.4, 0.5) is 0 Å². The van der Waals surface area contributed by atoms with Crippen molar-refractivity contribution < 1.29 is 0 Å². The average Bonchev–Trinajstić information content (AvgIpc) is 3.22. The summed E-state index contributed by atoms with van der Waals surface area (Å²) < 4.78 is 2.11. The van der Waals surface area contributed by atoms with Crippen LogP contribution in [-0.4, -0.2) is 19.5 Å². The van der Waals surface area contributed by atoms with Gasteiger partial charge >= 0.3 is 0 Å². The van der Waals surface area contributed by atoms with Crippen molar-refractivity contribution in [2.45, 2.75) is 13.0 Å². The Hall–Kier alpha value is -3.39. The van der Waals surface area contributed by atoms with Gasteiger partial charge in [0.25, 0.3) is 0 Å². The van der Waals surface area contributed by atoms with Gasteiger partial charge in [0.15, 0.2) is 0 Å². The molecule has 116 valence electrons. The molecule has 0 unspecified atom stereocenters. The SMILES string of the molecule is N#Cc1ccc(Cn2cncc2Cc2nc3ccccc3[nH]2)cc1. The molecule has 0 amide bonds. The predicted molar refractivity (Wildman–Crippen MR) is 91.4 cm³/mol. The molecule has 0 saturated heterocycles. The summed E-state index contributed by atoms with van der Waals surface area (Å²) in [6.07, 6.45) is 4.40. The molecule has 0 aliphatic rings. The van der Waals surface area contributed by atoms with Crippen LogP contribution in [0.15, 0.2) is 61.1 Å². The first-order chi connectivity index (χ1) is 11.8. The molecule has 2 aromatic heterocycles. The Morgan fingerprint density at radius 1 is 1.08 bits per heavy atom. The first-order valence-electron chi connectivity index (χ1n) is 7.73. The average molecular weight is 313 g/mol. The molecule has 5 nitrogen and oxygen atoms in total. The predicted octanol–water partition coefficient (Wildman–Crippen LogP) is 3.27. The first kappa shape index (κ1) is 14.2. The van der Waals surface area contributed by atoms with Gasteiger partial charge in [0, 0.05) is 24.9 Å². The van der Waals surface area contributed by atoms with Crippen LogP contribution in [0.25, 0.3) is 11.0 Å². The molecule has 1 N–H and O–H groups in total. The van der Waals surface area contributed by atoms with Crippen LogP contribution >= 0.6 is 0 Å². The smallest absolute Gasteiger partial charge is 0.113 e. The second-order valence-electron chi connectivity index (χ2n) is 5.70. The molecule has 0 radical (unpaired) electrons. The van der Waals surface area contributed by atoms with Crippen LogP contribution in [0.2, 0.25) is 0 Å². The highest BCUT2D eigenvalue weighted by Gasteiger charge is 2.08. The van der Waals surface area contributed by atoms with Crippen molar-refractivity contribution in [2.75, 3.05) is 0 Å². The third-order valence-electron chi connectivity index (χ3n) is 4.02. The summed E-state index contributed by atoms with van der Waals surface area (Å²) in [7, 11) is 0. The number of nitriles is 1. The Labute approximate surface area is 139 Å². The lowest BCUT2D eigenvalue weighted by Crippen LogP contribution is -2.04. The van der Waals surface area contributed by atoms with Crippen LogP contribution in [0.5, 0.6) is 0 Å². The molecule has 0 atom stereocenters. The summed E-state index contributed by atoms with van der Waals surface area (Å²) in [6, 6.07) is 17.8. The van der Waals surface area contributed by atoms with Gasteiger partial charge in [-0.2, -0.15) is 5.26 Å². The number of benzene rings is 2. The van der Waals surface area contributed by atoms with E-state index in [1.54, 1.807) is 0 Å². The van der Waals surface area contributed by atoms with E-state index in [2.05, 4.69) is 25.6 Å².